The summed E-state index contributed by atoms with van der Waals surface area (Å²) in [6, 6.07) is 1.98. The van der Waals surface area contributed by atoms with Gasteiger partial charge in [0.05, 0.1) is 17.3 Å². The van der Waals surface area contributed by atoms with Gasteiger partial charge in [0, 0.05) is 11.6 Å². The zero-order valence-electron chi connectivity index (χ0n) is 13.5. The Morgan fingerprint density at radius 1 is 1.13 bits per heavy atom. The second kappa shape index (κ2) is 5.87. The minimum atomic E-state index is -0.752. The Bertz CT molecular complexity index is 672. The topological polar surface area (TPSA) is 87.8 Å². The maximum atomic E-state index is 11.3. The molecule has 0 spiro atoms. The molecule has 2 atom stereocenters. The van der Waals surface area contributed by atoms with Crippen molar-refractivity contribution < 1.29 is 5.11 Å². The number of aliphatic hydroxyl groups is 1. The molecule has 2 aromatic heterocycles. The predicted octanol–water partition coefficient (Wildman–Crippen LogP) is 2.85. The van der Waals surface area contributed by atoms with Gasteiger partial charge in [-0.25, -0.2) is 9.97 Å². The molecule has 0 bridgehead atoms. The highest BCUT2D eigenvalue weighted by atomic mass is 16.3. The van der Waals surface area contributed by atoms with E-state index in [1.54, 1.807) is 6.33 Å². The summed E-state index contributed by atoms with van der Waals surface area (Å²) in [5.41, 5.74) is 7.80. The Hall–Kier alpha value is -1.46. The van der Waals surface area contributed by atoms with Crippen LogP contribution in [0.2, 0.25) is 0 Å². The number of fused-ring (bicyclic) bond motifs is 1. The van der Waals surface area contributed by atoms with E-state index in [1.807, 2.05) is 12.3 Å². The van der Waals surface area contributed by atoms with Crippen LogP contribution >= 0.6 is 0 Å². The van der Waals surface area contributed by atoms with Crippen LogP contribution in [0.25, 0.3) is 11.0 Å². The fourth-order valence-corrected chi connectivity index (χ4v) is 4.37. The minimum absolute atomic E-state index is 0.284. The molecule has 2 heterocycles. The zero-order valence-corrected chi connectivity index (χ0v) is 13.5. The number of hydrogen-bond acceptors (Lipinski definition) is 4. The molecular weight excluding hydrogens is 288 g/mol. The highest BCUT2D eigenvalue weighted by molar-refractivity contribution is 5.79. The lowest BCUT2D eigenvalue weighted by atomic mass is 9.75. The van der Waals surface area contributed by atoms with Gasteiger partial charge in [0.1, 0.15) is 12.0 Å². The van der Waals surface area contributed by atoms with E-state index in [4.69, 9.17) is 5.73 Å². The van der Waals surface area contributed by atoms with Gasteiger partial charge in [0.15, 0.2) is 0 Å². The van der Waals surface area contributed by atoms with Crippen molar-refractivity contribution in [3.05, 3.63) is 24.3 Å². The summed E-state index contributed by atoms with van der Waals surface area (Å²) in [6.45, 7) is 0. The molecule has 4 N–H and O–H groups in total. The molecule has 2 saturated carbocycles. The maximum Gasteiger partial charge on any atom is 0.141 e. The molecule has 23 heavy (non-hydrogen) atoms. The van der Waals surface area contributed by atoms with Gasteiger partial charge >= 0.3 is 0 Å². The van der Waals surface area contributed by atoms with Crippen molar-refractivity contribution in [3.63, 3.8) is 0 Å². The van der Waals surface area contributed by atoms with Gasteiger partial charge in [-0.15, -0.1) is 0 Å². The molecule has 2 aliphatic carbocycles. The average molecular weight is 314 g/mol. The first-order valence-electron chi connectivity index (χ1n) is 8.96. The molecule has 2 aliphatic rings. The number of aromatic amines is 1. The van der Waals surface area contributed by atoms with Gasteiger partial charge in [-0.3, -0.25) is 0 Å². The van der Waals surface area contributed by atoms with E-state index in [0.717, 1.165) is 42.4 Å². The summed E-state index contributed by atoms with van der Waals surface area (Å²) in [4.78, 5) is 11.9. The molecule has 0 aromatic carbocycles. The first-order valence-corrected chi connectivity index (χ1v) is 8.96. The number of hydrogen-bond donors (Lipinski definition) is 3. The largest absolute Gasteiger partial charge is 0.390 e. The summed E-state index contributed by atoms with van der Waals surface area (Å²) >= 11 is 0. The molecule has 0 amide bonds. The summed E-state index contributed by atoms with van der Waals surface area (Å²) in [5, 5.41) is 12.2. The van der Waals surface area contributed by atoms with Crippen LogP contribution in [0.4, 0.5) is 0 Å². The first kappa shape index (κ1) is 15.1. The maximum absolute atomic E-state index is 11.3. The van der Waals surface area contributed by atoms with Gasteiger partial charge in [-0.05, 0) is 43.6 Å². The zero-order chi connectivity index (χ0) is 15.9. The third kappa shape index (κ3) is 2.56. The van der Waals surface area contributed by atoms with E-state index >= 15 is 0 Å². The van der Waals surface area contributed by atoms with Crippen molar-refractivity contribution in [1.29, 1.82) is 0 Å². The lowest BCUT2D eigenvalue weighted by Crippen LogP contribution is -2.53. The highest BCUT2D eigenvalue weighted by Crippen LogP contribution is 2.49. The van der Waals surface area contributed by atoms with Crippen molar-refractivity contribution in [2.24, 2.45) is 17.6 Å². The van der Waals surface area contributed by atoms with Crippen LogP contribution in [0.5, 0.6) is 0 Å². The molecule has 2 unspecified atom stereocenters. The number of rotatable bonds is 4. The number of aromatic nitrogens is 3. The molecule has 5 heteroatoms. The normalized spacial score (nSPS) is 24.3. The Kier molecular flexibility index (Phi) is 3.85. The van der Waals surface area contributed by atoms with Gasteiger partial charge in [-0.1, -0.05) is 25.7 Å². The highest BCUT2D eigenvalue weighted by Gasteiger charge is 2.52. The number of H-pyrrole nitrogens is 1. The van der Waals surface area contributed by atoms with Crippen molar-refractivity contribution in [1.82, 2.24) is 15.0 Å². The van der Waals surface area contributed by atoms with Crippen LogP contribution in [-0.4, -0.2) is 26.2 Å². The third-order valence-electron chi connectivity index (χ3n) is 5.85. The quantitative estimate of drug-likeness (QED) is 0.757. The van der Waals surface area contributed by atoms with E-state index in [9.17, 15) is 5.11 Å². The van der Waals surface area contributed by atoms with Crippen LogP contribution in [0.1, 0.15) is 57.1 Å². The smallest absolute Gasteiger partial charge is 0.141 e. The summed E-state index contributed by atoms with van der Waals surface area (Å²) in [7, 11) is 0. The molecule has 2 aromatic rings. The number of nitrogens with two attached hydrogens (primary N) is 1. The Balaban J connectivity index is 1.75. The lowest BCUT2D eigenvalue weighted by molar-refractivity contribution is 0.0104. The molecule has 124 valence electrons. The molecule has 0 aliphatic heterocycles. The van der Waals surface area contributed by atoms with Crippen LogP contribution < -0.4 is 5.73 Å². The van der Waals surface area contributed by atoms with E-state index in [1.165, 1.54) is 25.7 Å². The molecule has 5 nitrogen and oxygen atoms in total. The fourth-order valence-electron chi connectivity index (χ4n) is 4.37. The van der Waals surface area contributed by atoms with Crippen LogP contribution in [-0.2, 0) is 5.54 Å². The van der Waals surface area contributed by atoms with Gasteiger partial charge < -0.3 is 15.8 Å². The number of aliphatic hydroxyl groups excluding tert-OH is 1. The van der Waals surface area contributed by atoms with Crippen molar-refractivity contribution >= 4 is 11.0 Å². The summed E-state index contributed by atoms with van der Waals surface area (Å²) in [5.74, 6) is 0.612. The van der Waals surface area contributed by atoms with Gasteiger partial charge in [-0.2, -0.15) is 0 Å². The van der Waals surface area contributed by atoms with Crippen molar-refractivity contribution in [2.45, 2.75) is 63.0 Å². The second-order valence-corrected chi connectivity index (χ2v) is 7.37. The molecule has 4 rings (SSSR count). The van der Waals surface area contributed by atoms with E-state index in [-0.39, 0.29) is 5.92 Å². The van der Waals surface area contributed by atoms with Crippen molar-refractivity contribution in [2.75, 3.05) is 0 Å². The Morgan fingerprint density at radius 2 is 1.87 bits per heavy atom. The van der Waals surface area contributed by atoms with Crippen LogP contribution in [0.3, 0.4) is 0 Å². The predicted molar refractivity (Wildman–Crippen MR) is 89.7 cm³/mol. The fraction of sp³-hybridized carbons (Fsp3) is 0.667. The Labute approximate surface area is 136 Å². The minimum Gasteiger partial charge on any atom is -0.390 e. The molecule has 0 saturated heterocycles. The average Bonchev–Trinajstić information content (AvgIpc) is 3.36. The third-order valence-corrected chi connectivity index (χ3v) is 5.85. The monoisotopic (exact) mass is 314 g/mol. The standard InChI is InChI=1S/C18H26N4O/c19-18(13-7-8-13,16(23)12-5-3-1-2-4-6-12)15-14-9-10-20-17(14)22-11-21-15/h9-13,16,23H,1-8,19H2,(H,20,21,22). The van der Waals surface area contributed by atoms with Crippen molar-refractivity contribution in [3.8, 4) is 0 Å². The van der Waals surface area contributed by atoms with Crippen LogP contribution in [0.15, 0.2) is 18.6 Å². The van der Waals surface area contributed by atoms with E-state index < -0.39 is 11.6 Å². The van der Waals surface area contributed by atoms with E-state index in [0.29, 0.717) is 5.92 Å². The van der Waals surface area contributed by atoms with Gasteiger partial charge in [0.25, 0.3) is 0 Å². The molecular formula is C18H26N4O. The first-order chi connectivity index (χ1) is 11.2. The lowest BCUT2D eigenvalue weighted by Gasteiger charge is -2.38. The number of nitrogens with zero attached hydrogens (tertiary/aromatic N) is 2. The number of nitrogens with one attached hydrogen (secondary N) is 1. The van der Waals surface area contributed by atoms with Crippen LogP contribution in [0, 0.1) is 11.8 Å². The van der Waals surface area contributed by atoms with Gasteiger partial charge in [0.2, 0.25) is 0 Å². The second-order valence-electron chi connectivity index (χ2n) is 7.37. The summed E-state index contributed by atoms with van der Waals surface area (Å²) < 4.78 is 0. The molecule has 2 fully saturated rings. The van der Waals surface area contributed by atoms with E-state index in [2.05, 4.69) is 15.0 Å². The Morgan fingerprint density at radius 3 is 2.57 bits per heavy atom. The molecule has 0 radical (unpaired) electrons. The SMILES string of the molecule is NC(c1ncnc2[nH]ccc12)(C1CC1)C(O)C1CCCCCC1. The summed E-state index contributed by atoms with van der Waals surface area (Å²) in [6.07, 6.45) is 12.2.